The van der Waals surface area contributed by atoms with Crippen LogP contribution in [0.4, 0.5) is 0 Å². The predicted octanol–water partition coefficient (Wildman–Crippen LogP) is 1.97. The van der Waals surface area contributed by atoms with Gasteiger partial charge in [0.2, 0.25) is 0 Å². The summed E-state index contributed by atoms with van der Waals surface area (Å²) in [7, 11) is 1.87. The van der Waals surface area contributed by atoms with E-state index in [1.165, 1.54) is 0 Å². The molecule has 2 aromatic heterocycles. The summed E-state index contributed by atoms with van der Waals surface area (Å²) >= 11 is 5.45. The first-order valence-electron chi connectivity index (χ1n) is 3.79. The van der Waals surface area contributed by atoms with Crippen molar-refractivity contribution < 1.29 is 4.52 Å². The van der Waals surface area contributed by atoms with Gasteiger partial charge in [0.1, 0.15) is 3.70 Å². The van der Waals surface area contributed by atoms with Crippen LogP contribution in [0.5, 0.6) is 0 Å². The third-order valence-corrected chi connectivity index (χ3v) is 3.47. The normalized spacial score (nSPS) is 10.8. The Labute approximate surface area is 102 Å². The lowest BCUT2D eigenvalue weighted by molar-refractivity contribution is 0.425. The van der Waals surface area contributed by atoms with Crippen LogP contribution in [-0.2, 0) is 12.4 Å². The highest BCUT2D eigenvalue weighted by molar-refractivity contribution is 14.1. The van der Waals surface area contributed by atoms with E-state index in [1.54, 1.807) is 10.9 Å². The smallest absolute Gasteiger partial charge is 0.262 e. The summed E-state index contributed by atoms with van der Waals surface area (Å²) in [5.74, 6) is 1.15. The lowest BCUT2D eigenvalue weighted by Crippen LogP contribution is -1.92. The van der Waals surface area contributed by atoms with Crippen molar-refractivity contribution in [2.75, 3.05) is 0 Å². The lowest BCUT2D eigenvalue weighted by Gasteiger charge is -1.91. The van der Waals surface area contributed by atoms with Gasteiger partial charge in [-0.2, -0.15) is 10.1 Å². The third-order valence-electron chi connectivity index (χ3n) is 1.68. The van der Waals surface area contributed by atoms with Gasteiger partial charge in [0.05, 0.1) is 17.1 Å². The molecule has 0 radical (unpaired) electrons. The van der Waals surface area contributed by atoms with E-state index in [0.29, 0.717) is 17.0 Å². The van der Waals surface area contributed by atoms with Gasteiger partial charge in [0, 0.05) is 7.05 Å². The van der Waals surface area contributed by atoms with E-state index in [2.05, 4.69) is 53.8 Å². The van der Waals surface area contributed by atoms with Gasteiger partial charge < -0.3 is 4.52 Å². The zero-order valence-corrected chi connectivity index (χ0v) is 11.0. The molecule has 0 aliphatic rings. The van der Waals surface area contributed by atoms with Crippen LogP contribution in [0.1, 0.15) is 5.82 Å². The topological polar surface area (TPSA) is 56.7 Å². The molecule has 0 aromatic carbocycles. The Bertz CT molecular complexity index is 452. The molecule has 2 heterocycles. The molecule has 2 rings (SSSR count). The summed E-state index contributed by atoms with van der Waals surface area (Å²) in [6, 6.07) is 0. The average Bonchev–Trinajstić information content (AvgIpc) is 2.75. The number of aromatic nitrogens is 4. The molecular weight excluding hydrogens is 363 g/mol. The van der Waals surface area contributed by atoms with E-state index in [-0.39, 0.29) is 0 Å². The first kappa shape index (κ1) is 10.1. The second-order valence-electron chi connectivity index (χ2n) is 2.62. The molecule has 0 aliphatic heterocycles. The molecule has 0 aliphatic carbocycles. The molecule has 0 spiro atoms. The minimum Gasteiger partial charge on any atom is -0.334 e. The number of halogens is 2. The predicted molar refractivity (Wildman–Crippen MR) is 61.8 cm³/mol. The fraction of sp³-hybridized carbons (Fsp3) is 0.286. The Balaban J connectivity index is 2.44. The zero-order valence-electron chi connectivity index (χ0n) is 7.24. The first-order chi connectivity index (χ1) is 6.72. The third kappa shape index (κ3) is 1.70. The first-order valence-corrected chi connectivity index (χ1v) is 5.99. The monoisotopic (exact) mass is 368 g/mol. The van der Waals surface area contributed by atoms with Gasteiger partial charge in [-0.25, -0.2) is 0 Å². The molecule has 0 saturated heterocycles. The molecule has 0 saturated carbocycles. The van der Waals surface area contributed by atoms with Crippen molar-refractivity contribution in [3.8, 4) is 11.5 Å². The molecule has 2 aromatic rings. The van der Waals surface area contributed by atoms with Crippen molar-refractivity contribution in [1.29, 1.82) is 0 Å². The van der Waals surface area contributed by atoms with Gasteiger partial charge in [-0.1, -0.05) is 21.1 Å². The van der Waals surface area contributed by atoms with Gasteiger partial charge in [-0.15, -0.1) is 0 Å². The maximum atomic E-state index is 5.09. The summed E-state index contributed by atoms with van der Waals surface area (Å²) in [5, 5.41) is 8.48. The van der Waals surface area contributed by atoms with Crippen LogP contribution in [0, 0.1) is 3.70 Å². The van der Waals surface area contributed by atoms with Crippen molar-refractivity contribution in [2.45, 2.75) is 5.33 Å². The quantitative estimate of drug-likeness (QED) is 0.600. The summed E-state index contributed by atoms with van der Waals surface area (Å²) in [5.41, 5.74) is 0.868. The fourth-order valence-electron chi connectivity index (χ4n) is 0.984. The lowest BCUT2D eigenvalue weighted by atomic mass is 10.4. The second kappa shape index (κ2) is 3.97. The summed E-state index contributed by atoms with van der Waals surface area (Å²) in [6.45, 7) is 0. The van der Waals surface area contributed by atoms with Crippen molar-refractivity contribution in [3.63, 3.8) is 0 Å². The van der Waals surface area contributed by atoms with Crippen molar-refractivity contribution >= 4 is 38.5 Å². The maximum Gasteiger partial charge on any atom is 0.262 e. The zero-order chi connectivity index (χ0) is 10.1. The minimum atomic E-state index is 0.511. The van der Waals surface area contributed by atoms with E-state index < -0.39 is 0 Å². The van der Waals surface area contributed by atoms with Crippen LogP contribution in [0.2, 0.25) is 0 Å². The Morgan fingerprint density at radius 3 is 2.93 bits per heavy atom. The number of rotatable bonds is 2. The molecule has 0 amide bonds. The SMILES string of the molecule is Cn1ncc(-c2nc(CBr)no2)c1I. The summed E-state index contributed by atoms with van der Waals surface area (Å²) in [4.78, 5) is 4.19. The molecule has 0 atom stereocenters. The Hall–Kier alpha value is -0.440. The highest BCUT2D eigenvalue weighted by Gasteiger charge is 2.14. The average molecular weight is 369 g/mol. The molecular formula is C7H6BrIN4O. The van der Waals surface area contributed by atoms with Gasteiger partial charge in [0.15, 0.2) is 5.82 Å². The number of hydrogen-bond acceptors (Lipinski definition) is 4. The van der Waals surface area contributed by atoms with E-state index >= 15 is 0 Å². The second-order valence-corrected chi connectivity index (χ2v) is 4.20. The van der Waals surface area contributed by atoms with Gasteiger partial charge in [-0.3, -0.25) is 4.68 Å². The van der Waals surface area contributed by atoms with Gasteiger partial charge in [0.25, 0.3) is 5.89 Å². The Morgan fingerprint density at radius 1 is 1.64 bits per heavy atom. The van der Waals surface area contributed by atoms with Crippen LogP contribution in [0.3, 0.4) is 0 Å². The minimum absolute atomic E-state index is 0.511. The molecule has 7 heteroatoms. The molecule has 74 valence electrons. The molecule has 0 fully saturated rings. The van der Waals surface area contributed by atoms with Crippen LogP contribution >= 0.6 is 38.5 Å². The Morgan fingerprint density at radius 2 is 2.43 bits per heavy atom. The van der Waals surface area contributed by atoms with Crippen LogP contribution in [0.15, 0.2) is 10.7 Å². The van der Waals surface area contributed by atoms with Crippen LogP contribution < -0.4 is 0 Å². The maximum absolute atomic E-state index is 5.09. The Kier molecular flexibility index (Phi) is 2.86. The molecule has 0 bridgehead atoms. The highest BCUT2D eigenvalue weighted by atomic mass is 127. The standard InChI is InChI=1S/C7H6BrIN4O/c1-13-6(9)4(3-10-13)7-11-5(2-8)12-14-7/h3H,2H2,1H3. The number of hydrogen-bond donors (Lipinski definition) is 0. The fourth-order valence-corrected chi connectivity index (χ4v) is 1.71. The number of aryl methyl sites for hydroxylation is 1. The molecule has 14 heavy (non-hydrogen) atoms. The van der Waals surface area contributed by atoms with Crippen molar-refractivity contribution in [2.24, 2.45) is 7.05 Å². The summed E-state index contributed by atoms with van der Waals surface area (Å²) < 4.78 is 7.82. The number of nitrogens with zero attached hydrogens (tertiary/aromatic N) is 4. The molecule has 0 N–H and O–H groups in total. The van der Waals surface area contributed by atoms with E-state index in [4.69, 9.17) is 4.52 Å². The largest absolute Gasteiger partial charge is 0.334 e. The van der Waals surface area contributed by atoms with Gasteiger partial charge >= 0.3 is 0 Å². The number of alkyl halides is 1. The highest BCUT2D eigenvalue weighted by Crippen LogP contribution is 2.22. The summed E-state index contributed by atoms with van der Waals surface area (Å²) in [6.07, 6.45) is 1.72. The van der Waals surface area contributed by atoms with Crippen molar-refractivity contribution in [3.05, 3.63) is 15.7 Å². The van der Waals surface area contributed by atoms with E-state index in [9.17, 15) is 0 Å². The van der Waals surface area contributed by atoms with Crippen molar-refractivity contribution in [1.82, 2.24) is 19.9 Å². The van der Waals surface area contributed by atoms with Crippen LogP contribution in [-0.4, -0.2) is 19.9 Å². The van der Waals surface area contributed by atoms with Gasteiger partial charge in [-0.05, 0) is 22.6 Å². The van der Waals surface area contributed by atoms with E-state index in [1.807, 2.05) is 7.05 Å². The van der Waals surface area contributed by atoms with Crippen LogP contribution in [0.25, 0.3) is 11.5 Å². The van der Waals surface area contributed by atoms with E-state index in [0.717, 1.165) is 9.26 Å². The molecule has 0 unspecified atom stereocenters. The molecule has 5 nitrogen and oxygen atoms in total.